The molecule has 0 spiro atoms. The molecule has 0 aliphatic rings. The number of rotatable bonds is 6. The average Bonchev–Trinajstić information content (AvgIpc) is 3.56. The molecule has 0 amide bonds. The lowest BCUT2D eigenvalue weighted by atomic mass is 9.76. The van der Waals surface area contributed by atoms with Crippen LogP contribution in [0.1, 0.15) is 67.4 Å². The summed E-state index contributed by atoms with van der Waals surface area (Å²) >= 11 is 1.66. The third-order valence-electron chi connectivity index (χ3n) is 6.89. The van der Waals surface area contributed by atoms with Gasteiger partial charge in [0.1, 0.15) is 0 Å². The highest BCUT2D eigenvalue weighted by Gasteiger charge is 2.42. The maximum absolute atomic E-state index is 7.44. The Balaban J connectivity index is 1.71. The molecule has 2 N–H and O–H groups in total. The Kier molecular flexibility index (Phi) is 5.68. The first kappa shape index (κ1) is 23.5. The number of thiophene rings is 1. The molecule has 2 atom stereocenters. The van der Waals surface area contributed by atoms with Gasteiger partial charge in [0.05, 0.1) is 16.6 Å². The van der Waals surface area contributed by atoms with Crippen LogP contribution in [0.25, 0.3) is 16.6 Å². The second-order valence-electron chi connectivity index (χ2n) is 10.4. The largest absolute Gasteiger partial charge is 0.320 e. The van der Waals surface area contributed by atoms with Crippen molar-refractivity contribution in [1.29, 1.82) is 0 Å². The summed E-state index contributed by atoms with van der Waals surface area (Å²) < 4.78 is 3.73. The number of aryl methyl sites for hydroxylation is 2. The van der Waals surface area contributed by atoms with E-state index in [1.807, 2.05) is 15.3 Å². The van der Waals surface area contributed by atoms with Gasteiger partial charge in [-0.2, -0.15) is 4.52 Å². The lowest BCUT2D eigenvalue weighted by molar-refractivity contribution is 0.280. The summed E-state index contributed by atoms with van der Waals surface area (Å²) in [7, 11) is 0. The van der Waals surface area contributed by atoms with E-state index in [0.29, 0.717) is 6.42 Å². The number of tetrazole rings is 2. The van der Waals surface area contributed by atoms with Crippen LogP contribution in [-0.2, 0) is 17.5 Å². The van der Waals surface area contributed by atoms with Crippen molar-refractivity contribution in [2.24, 2.45) is 5.73 Å². The van der Waals surface area contributed by atoms with Crippen molar-refractivity contribution in [3.05, 3.63) is 63.1 Å². The van der Waals surface area contributed by atoms with Crippen LogP contribution in [0, 0.1) is 13.8 Å². The minimum absolute atomic E-state index is 0.123. The van der Waals surface area contributed by atoms with Gasteiger partial charge in [-0.05, 0) is 109 Å². The van der Waals surface area contributed by atoms with Gasteiger partial charge in [0.2, 0.25) is 0 Å². The fourth-order valence-electron chi connectivity index (χ4n) is 4.96. The molecular formula is C25H31N9S. The molecule has 5 aromatic rings. The third kappa shape index (κ3) is 3.90. The SMILES string of the molecule is CCC(c1nnnn1C(C)(C)C)C(N)(Cc1cc2cc(C)c(C)cc2n2nnnc12)c1cccs1. The standard InChI is InChI=1S/C25H31N9S/c1-7-19(23-28-30-32-34(23)24(4,5)6)25(26,21-9-8-10-35-21)14-18-13-17-11-15(2)16(3)12-20(17)33-22(18)27-29-31-33/h8-13,19H,7,14,26H2,1-6H3. The van der Waals surface area contributed by atoms with Crippen LogP contribution in [0.3, 0.4) is 0 Å². The summed E-state index contributed by atoms with van der Waals surface area (Å²) in [5.74, 6) is 0.667. The van der Waals surface area contributed by atoms with E-state index in [2.05, 4.69) is 102 Å². The van der Waals surface area contributed by atoms with Crippen molar-refractivity contribution in [1.82, 2.24) is 40.2 Å². The zero-order chi connectivity index (χ0) is 25.0. The number of benzene rings is 1. The van der Waals surface area contributed by atoms with Gasteiger partial charge in [0.15, 0.2) is 11.5 Å². The van der Waals surface area contributed by atoms with Crippen molar-refractivity contribution >= 4 is 27.9 Å². The highest BCUT2D eigenvalue weighted by molar-refractivity contribution is 7.10. The zero-order valence-electron chi connectivity index (χ0n) is 21.0. The molecule has 0 saturated carbocycles. The maximum atomic E-state index is 7.44. The average molecular weight is 490 g/mol. The topological polar surface area (TPSA) is 113 Å². The molecule has 0 aliphatic heterocycles. The van der Waals surface area contributed by atoms with Gasteiger partial charge in [-0.3, -0.25) is 0 Å². The van der Waals surface area contributed by atoms with Gasteiger partial charge in [-0.25, -0.2) is 4.68 Å². The Morgan fingerprint density at radius 1 is 1.03 bits per heavy atom. The summed E-state index contributed by atoms with van der Waals surface area (Å²) in [4.78, 5) is 1.08. The predicted molar refractivity (Wildman–Crippen MR) is 137 cm³/mol. The molecule has 9 nitrogen and oxygen atoms in total. The van der Waals surface area contributed by atoms with Crippen LogP contribution in [-0.4, -0.2) is 40.2 Å². The molecule has 10 heteroatoms. The van der Waals surface area contributed by atoms with Crippen LogP contribution in [0.5, 0.6) is 0 Å². The summed E-state index contributed by atoms with van der Waals surface area (Å²) in [5, 5.41) is 28.7. The maximum Gasteiger partial charge on any atom is 0.183 e. The number of aromatic nitrogens is 8. The van der Waals surface area contributed by atoms with Crippen molar-refractivity contribution in [2.45, 2.75) is 71.4 Å². The van der Waals surface area contributed by atoms with Crippen LogP contribution in [0.15, 0.2) is 35.7 Å². The molecule has 4 aromatic heterocycles. The molecule has 182 valence electrons. The summed E-state index contributed by atoms with van der Waals surface area (Å²) in [5.41, 5.74) is 11.5. The Labute approximate surface area is 208 Å². The minimum Gasteiger partial charge on any atom is -0.320 e. The van der Waals surface area contributed by atoms with Crippen LogP contribution in [0.2, 0.25) is 0 Å². The van der Waals surface area contributed by atoms with E-state index < -0.39 is 5.54 Å². The Morgan fingerprint density at radius 3 is 2.46 bits per heavy atom. The number of hydrogen-bond acceptors (Lipinski definition) is 8. The smallest absolute Gasteiger partial charge is 0.183 e. The molecule has 35 heavy (non-hydrogen) atoms. The monoisotopic (exact) mass is 489 g/mol. The number of nitrogens with zero attached hydrogens (tertiary/aromatic N) is 8. The molecule has 0 aliphatic carbocycles. The Bertz CT molecular complexity index is 1490. The number of hydrogen-bond donors (Lipinski definition) is 1. The van der Waals surface area contributed by atoms with Crippen molar-refractivity contribution in [3.8, 4) is 0 Å². The van der Waals surface area contributed by atoms with Crippen LogP contribution in [0.4, 0.5) is 0 Å². The minimum atomic E-state index is -0.763. The van der Waals surface area contributed by atoms with Gasteiger partial charge in [0, 0.05) is 21.7 Å². The second-order valence-corrected chi connectivity index (χ2v) is 11.3. The molecule has 4 heterocycles. The normalized spacial score (nSPS) is 15.1. The number of pyridine rings is 1. The lowest BCUT2D eigenvalue weighted by Gasteiger charge is -2.37. The van der Waals surface area contributed by atoms with Crippen molar-refractivity contribution in [3.63, 3.8) is 0 Å². The molecule has 0 radical (unpaired) electrons. The van der Waals surface area contributed by atoms with Gasteiger partial charge >= 0.3 is 0 Å². The lowest BCUT2D eigenvalue weighted by Crippen LogP contribution is -2.46. The van der Waals surface area contributed by atoms with Crippen LogP contribution < -0.4 is 5.73 Å². The van der Waals surface area contributed by atoms with E-state index >= 15 is 0 Å². The molecule has 0 fully saturated rings. The second kappa shape index (κ2) is 8.46. The Hall–Kier alpha value is -3.24. The van der Waals surface area contributed by atoms with E-state index in [0.717, 1.165) is 39.2 Å². The molecule has 1 aromatic carbocycles. The highest BCUT2D eigenvalue weighted by atomic mass is 32.1. The van der Waals surface area contributed by atoms with Crippen molar-refractivity contribution < 1.29 is 0 Å². The van der Waals surface area contributed by atoms with Crippen LogP contribution >= 0.6 is 11.3 Å². The van der Waals surface area contributed by atoms with E-state index in [1.165, 1.54) is 11.1 Å². The van der Waals surface area contributed by atoms with Crippen molar-refractivity contribution in [2.75, 3.05) is 0 Å². The van der Waals surface area contributed by atoms with E-state index in [-0.39, 0.29) is 11.5 Å². The molecule has 0 saturated heterocycles. The fraction of sp³-hybridized carbons (Fsp3) is 0.440. The highest BCUT2D eigenvalue weighted by Crippen LogP contribution is 2.42. The third-order valence-corrected chi connectivity index (χ3v) is 7.95. The van der Waals surface area contributed by atoms with E-state index in [9.17, 15) is 0 Å². The quantitative estimate of drug-likeness (QED) is 0.379. The first-order chi connectivity index (χ1) is 16.6. The van der Waals surface area contributed by atoms with Gasteiger partial charge in [-0.1, -0.05) is 13.0 Å². The number of fused-ring (bicyclic) bond motifs is 3. The van der Waals surface area contributed by atoms with E-state index in [4.69, 9.17) is 5.73 Å². The molecular weight excluding hydrogens is 458 g/mol. The van der Waals surface area contributed by atoms with Gasteiger partial charge < -0.3 is 5.73 Å². The fourth-order valence-corrected chi connectivity index (χ4v) is 5.86. The zero-order valence-corrected chi connectivity index (χ0v) is 21.8. The Morgan fingerprint density at radius 2 is 1.77 bits per heavy atom. The first-order valence-corrected chi connectivity index (χ1v) is 12.7. The molecule has 0 bridgehead atoms. The van der Waals surface area contributed by atoms with E-state index in [1.54, 1.807) is 11.3 Å². The predicted octanol–water partition coefficient (Wildman–Crippen LogP) is 4.29. The number of nitrogens with two attached hydrogens (primary N) is 1. The molecule has 5 rings (SSSR count). The summed E-state index contributed by atoms with van der Waals surface area (Å²) in [6, 6.07) is 10.7. The summed E-state index contributed by atoms with van der Waals surface area (Å²) in [6.07, 6.45) is 1.31. The van der Waals surface area contributed by atoms with Gasteiger partial charge in [0.25, 0.3) is 0 Å². The summed E-state index contributed by atoms with van der Waals surface area (Å²) in [6.45, 7) is 12.7. The first-order valence-electron chi connectivity index (χ1n) is 11.9. The molecule has 2 unspecified atom stereocenters. The van der Waals surface area contributed by atoms with Gasteiger partial charge in [-0.15, -0.1) is 21.5 Å².